The van der Waals surface area contributed by atoms with Crippen LogP contribution in [0.5, 0.6) is 0 Å². The van der Waals surface area contributed by atoms with Crippen molar-refractivity contribution >= 4 is 5.97 Å². The summed E-state index contributed by atoms with van der Waals surface area (Å²) in [5.41, 5.74) is 2.25. The van der Waals surface area contributed by atoms with E-state index in [0.717, 1.165) is 11.1 Å². The van der Waals surface area contributed by atoms with E-state index in [4.69, 9.17) is 0 Å². The Bertz CT molecular complexity index is 502. The summed E-state index contributed by atoms with van der Waals surface area (Å²) in [5, 5.41) is 9.32. The minimum atomic E-state index is -0.697. The van der Waals surface area contributed by atoms with E-state index in [1.807, 2.05) is 60.7 Å². The van der Waals surface area contributed by atoms with Gasteiger partial charge in [0, 0.05) is 11.8 Å². The van der Waals surface area contributed by atoms with Crippen LogP contribution in [0, 0.1) is 5.92 Å². The van der Waals surface area contributed by atoms with Crippen molar-refractivity contribution in [3.63, 3.8) is 0 Å². The van der Waals surface area contributed by atoms with Gasteiger partial charge in [-0.2, -0.15) is 0 Å². The van der Waals surface area contributed by atoms with E-state index in [1.54, 1.807) is 0 Å². The second-order valence-electron chi connectivity index (χ2n) is 4.74. The highest BCUT2D eigenvalue weighted by atomic mass is 16.4. The zero-order valence-electron chi connectivity index (χ0n) is 9.86. The SMILES string of the molecule is O=C(O)C1[C@@H](c2ccccc2)[C@H]1c1ccccc1. The van der Waals surface area contributed by atoms with Crippen molar-refractivity contribution in [1.82, 2.24) is 0 Å². The van der Waals surface area contributed by atoms with E-state index in [-0.39, 0.29) is 17.8 Å². The van der Waals surface area contributed by atoms with Crippen LogP contribution in [0.15, 0.2) is 60.7 Å². The van der Waals surface area contributed by atoms with E-state index in [9.17, 15) is 9.90 Å². The summed E-state index contributed by atoms with van der Waals surface area (Å²) in [6.45, 7) is 0. The Morgan fingerprint density at radius 1 is 0.778 bits per heavy atom. The number of hydrogen-bond acceptors (Lipinski definition) is 1. The normalized spacial score (nSPS) is 25.7. The molecule has 2 aromatic carbocycles. The van der Waals surface area contributed by atoms with E-state index in [1.165, 1.54) is 0 Å². The first-order valence-corrected chi connectivity index (χ1v) is 6.12. The Balaban J connectivity index is 1.94. The predicted molar refractivity (Wildman–Crippen MR) is 69.5 cm³/mol. The van der Waals surface area contributed by atoms with Gasteiger partial charge < -0.3 is 5.11 Å². The molecule has 0 bridgehead atoms. The molecular weight excluding hydrogens is 224 g/mol. The zero-order chi connectivity index (χ0) is 12.5. The summed E-state index contributed by atoms with van der Waals surface area (Å²) in [6, 6.07) is 19.9. The van der Waals surface area contributed by atoms with Gasteiger partial charge in [-0.1, -0.05) is 60.7 Å². The summed E-state index contributed by atoms with van der Waals surface area (Å²) in [7, 11) is 0. The number of hydrogen-bond donors (Lipinski definition) is 1. The smallest absolute Gasteiger partial charge is 0.307 e. The molecule has 18 heavy (non-hydrogen) atoms. The molecule has 1 unspecified atom stereocenters. The first-order chi connectivity index (χ1) is 8.79. The molecule has 0 radical (unpaired) electrons. The van der Waals surface area contributed by atoms with Crippen LogP contribution in [0.2, 0.25) is 0 Å². The number of carboxylic acid groups (broad SMARTS) is 1. The van der Waals surface area contributed by atoms with Gasteiger partial charge in [0.15, 0.2) is 0 Å². The molecule has 2 aromatic rings. The lowest BCUT2D eigenvalue weighted by Crippen LogP contribution is -2.00. The first kappa shape index (κ1) is 11.0. The molecule has 3 rings (SSSR count). The van der Waals surface area contributed by atoms with Gasteiger partial charge >= 0.3 is 5.97 Å². The fourth-order valence-electron chi connectivity index (χ4n) is 2.80. The highest BCUT2D eigenvalue weighted by molar-refractivity contribution is 5.78. The quantitative estimate of drug-likeness (QED) is 0.891. The second-order valence-corrected chi connectivity index (χ2v) is 4.74. The molecule has 2 nitrogen and oxygen atoms in total. The average molecular weight is 238 g/mol. The van der Waals surface area contributed by atoms with Crippen molar-refractivity contribution in [1.29, 1.82) is 0 Å². The lowest BCUT2D eigenvalue weighted by atomic mass is 10.0. The van der Waals surface area contributed by atoms with Crippen LogP contribution >= 0.6 is 0 Å². The second kappa shape index (κ2) is 4.30. The molecule has 0 amide bonds. The van der Waals surface area contributed by atoms with Gasteiger partial charge in [-0.15, -0.1) is 0 Å². The van der Waals surface area contributed by atoms with E-state index < -0.39 is 5.97 Å². The van der Waals surface area contributed by atoms with Gasteiger partial charge in [-0.3, -0.25) is 4.79 Å². The Kier molecular flexibility index (Phi) is 2.63. The summed E-state index contributed by atoms with van der Waals surface area (Å²) in [5.74, 6) is -0.746. The number of rotatable bonds is 3. The average Bonchev–Trinajstić information content (AvgIpc) is 3.16. The minimum absolute atomic E-state index is 0.117. The van der Waals surface area contributed by atoms with Crippen LogP contribution < -0.4 is 0 Å². The summed E-state index contributed by atoms with van der Waals surface area (Å²) in [4.78, 5) is 11.3. The molecule has 1 aliphatic carbocycles. The topological polar surface area (TPSA) is 37.3 Å². The van der Waals surface area contributed by atoms with Crippen LogP contribution in [-0.4, -0.2) is 11.1 Å². The molecule has 3 atom stereocenters. The molecule has 0 spiro atoms. The standard InChI is InChI=1S/C16H14O2/c17-16(18)15-13(11-7-3-1-4-8-11)14(15)12-9-5-2-6-10-12/h1-10,13-15H,(H,17,18)/t13-,14+,15?. The first-order valence-electron chi connectivity index (χ1n) is 6.12. The molecule has 2 heteroatoms. The Labute approximate surface area is 106 Å². The highest BCUT2D eigenvalue weighted by Crippen LogP contribution is 2.60. The molecule has 0 saturated heterocycles. The van der Waals surface area contributed by atoms with E-state index in [2.05, 4.69) is 0 Å². The maximum absolute atomic E-state index is 11.3. The lowest BCUT2D eigenvalue weighted by Gasteiger charge is -1.99. The number of carbonyl (C=O) groups is 1. The Morgan fingerprint density at radius 2 is 1.17 bits per heavy atom. The van der Waals surface area contributed by atoms with Crippen LogP contribution in [-0.2, 0) is 4.79 Å². The van der Waals surface area contributed by atoms with Crippen molar-refractivity contribution in [2.24, 2.45) is 5.92 Å². The van der Waals surface area contributed by atoms with E-state index >= 15 is 0 Å². The fourth-order valence-corrected chi connectivity index (χ4v) is 2.80. The van der Waals surface area contributed by atoms with Gasteiger partial charge in [0.1, 0.15) is 0 Å². The maximum atomic E-state index is 11.3. The molecule has 90 valence electrons. The van der Waals surface area contributed by atoms with Crippen LogP contribution in [0.3, 0.4) is 0 Å². The van der Waals surface area contributed by atoms with Crippen molar-refractivity contribution in [2.45, 2.75) is 11.8 Å². The van der Waals surface area contributed by atoms with Gasteiger partial charge in [0.05, 0.1) is 5.92 Å². The van der Waals surface area contributed by atoms with Gasteiger partial charge in [0.2, 0.25) is 0 Å². The van der Waals surface area contributed by atoms with Crippen molar-refractivity contribution in [3.8, 4) is 0 Å². The van der Waals surface area contributed by atoms with Crippen molar-refractivity contribution < 1.29 is 9.90 Å². The molecule has 1 fully saturated rings. The third kappa shape index (κ3) is 1.80. The molecule has 1 saturated carbocycles. The van der Waals surface area contributed by atoms with Gasteiger partial charge in [-0.25, -0.2) is 0 Å². The third-order valence-corrected chi connectivity index (χ3v) is 3.67. The minimum Gasteiger partial charge on any atom is -0.481 e. The summed E-state index contributed by atoms with van der Waals surface area (Å²) in [6.07, 6.45) is 0. The van der Waals surface area contributed by atoms with Crippen molar-refractivity contribution in [3.05, 3.63) is 71.8 Å². The third-order valence-electron chi connectivity index (χ3n) is 3.67. The van der Waals surface area contributed by atoms with Crippen LogP contribution in [0.4, 0.5) is 0 Å². The van der Waals surface area contributed by atoms with Crippen molar-refractivity contribution in [2.75, 3.05) is 0 Å². The van der Waals surface area contributed by atoms with Gasteiger partial charge in [-0.05, 0) is 11.1 Å². The number of aliphatic carboxylic acids is 1. The predicted octanol–water partition coefficient (Wildman–Crippen LogP) is 3.27. The summed E-state index contributed by atoms with van der Waals surface area (Å²) >= 11 is 0. The van der Waals surface area contributed by atoms with E-state index in [0.29, 0.717) is 0 Å². The Hall–Kier alpha value is -2.09. The zero-order valence-corrected chi connectivity index (χ0v) is 9.86. The van der Waals surface area contributed by atoms with Crippen LogP contribution in [0.1, 0.15) is 23.0 Å². The monoisotopic (exact) mass is 238 g/mol. The maximum Gasteiger partial charge on any atom is 0.307 e. The molecular formula is C16H14O2. The largest absolute Gasteiger partial charge is 0.481 e. The molecule has 1 aliphatic rings. The molecule has 0 aromatic heterocycles. The number of carboxylic acids is 1. The van der Waals surface area contributed by atoms with Gasteiger partial charge in [0.25, 0.3) is 0 Å². The highest BCUT2D eigenvalue weighted by Gasteiger charge is 2.56. The van der Waals surface area contributed by atoms with Crippen LogP contribution in [0.25, 0.3) is 0 Å². The molecule has 1 N–H and O–H groups in total. The lowest BCUT2D eigenvalue weighted by molar-refractivity contribution is -0.138. The number of benzene rings is 2. The molecule has 0 aliphatic heterocycles. The Morgan fingerprint density at radius 3 is 1.50 bits per heavy atom. The summed E-state index contributed by atoms with van der Waals surface area (Å²) < 4.78 is 0. The fraction of sp³-hybridized carbons (Fsp3) is 0.188. The molecule has 0 heterocycles.